The van der Waals surface area contributed by atoms with Gasteiger partial charge in [-0.25, -0.2) is 9.97 Å². The molecule has 4 heteroatoms. The molecule has 0 unspecified atom stereocenters. The summed E-state index contributed by atoms with van der Waals surface area (Å²) in [5.74, 6) is 1.34. The fourth-order valence-electron chi connectivity index (χ4n) is 1.92. The molecule has 3 rings (SSSR count). The third-order valence-corrected chi connectivity index (χ3v) is 2.73. The number of nitrogens with zero attached hydrogens (tertiary/aromatic N) is 2. The second-order valence-electron chi connectivity index (χ2n) is 3.81. The molecule has 80 valence electrons. The lowest BCUT2D eigenvalue weighted by molar-refractivity contribution is 0.0971. The van der Waals surface area contributed by atoms with E-state index < -0.39 is 0 Å². The average Bonchev–Trinajstić information content (AvgIpc) is 2.82. The maximum Gasteiger partial charge on any atom is 0.195 e. The Morgan fingerprint density at radius 1 is 1.31 bits per heavy atom. The average molecular weight is 214 g/mol. The van der Waals surface area contributed by atoms with Crippen LogP contribution >= 0.6 is 0 Å². The molecule has 0 bridgehead atoms. The zero-order valence-corrected chi connectivity index (χ0v) is 8.64. The number of aromatic nitrogens is 2. The van der Waals surface area contributed by atoms with E-state index in [2.05, 4.69) is 9.97 Å². The van der Waals surface area contributed by atoms with Crippen LogP contribution in [-0.2, 0) is 6.42 Å². The van der Waals surface area contributed by atoms with E-state index in [1.165, 1.54) is 0 Å². The van der Waals surface area contributed by atoms with E-state index in [0.29, 0.717) is 23.6 Å². The summed E-state index contributed by atoms with van der Waals surface area (Å²) in [6.07, 6.45) is 5.53. The van der Waals surface area contributed by atoms with Gasteiger partial charge in [0, 0.05) is 12.6 Å². The van der Waals surface area contributed by atoms with Gasteiger partial charge in [0.15, 0.2) is 17.4 Å². The summed E-state index contributed by atoms with van der Waals surface area (Å²) in [6.45, 7) is 0. The van der Waals surface area contributed by atoms with E-state index in [1.54, 1.807) is 18.5 Å². The van der Waals surface area contributed by atoms with Crippen LogP contribution in [0.4, 0.5) is 0 Å². The third-order valence-electron chi connectivity index (χ3n) is 2.73. The Bertz CT molecular complexity index is 532. The Hall–Kier alpha value is -1.97. The highest BCUT2D eigenvalue weighted by Gasteiger charge is 2.19. The predicted molar refractivity (Wildman–Crippen MR) is 57.0 cm³/mol. The number of ketones is 1. The minimum atomic E-state index is 0.146. The van der Waals surface area contributed by atoms with Crippen molar-refractivity contribution in [1.82, 2.24) is 9.97 Å². The van der Waals surface area contributed by atoms with E-state index in [4.69, 9.17) is 4.42 Å². The molecule has 0 saturated carbocycles. The van der Waals surface area contributed by atoms with Crippen molar-refractivity contribution >= 4 is 5.78 Å². The molecule has 0 saturated heterocycles. The van der Waals surface area contributed by atoms with Crippen molar-refractivity contribution in [3.8, 4) is 11.6 Å². The number of fused-ring (bicyclic) bond motifs is 1. The van der Waals surface area contributed by atoms with Crippen molar-refractivity contribution < 1.29 is 9.21 Å². The number of hydrogen-bond donors (Lipinski definition) is 0. The van der Waals surface area contributed by atoms with Gasteiger partial charge in [-0.15, -0.1) is 0 Å². The normalized spacial score (nSPS) is 14.9. The SMILES string of the molecule is O=C1CCCc2nc(-c3ccco3)ncc21. The molecule has 1 aliphatic carbocycles. The highest BCUT2D eigenvalue weighted by Crippen LogP contribution is 2.22. The van der Waals surface area contributed by atoms with Crippen LogP contribution < -0.4 is 0 Å². The topological polar surface area (TPSA) is 56.0 Å². The number of hydrogen-bond acceptors (Lipinski definition) is 4. The number of furan rings is 1. The maximum absolute atomic E-state index is 11.6. The number of aryl methyl sites for hydroxylation is 1. The molecular formula is C12H10N2O2. The highest BCUT2D eigenvalue weighted by atomic mass is 16.3. The monoisotopic (exact) mass is 214 g/mol. The lowest BCUT2D eigenvalue weighted by Gasteiger charge is -2.12. The van der Waals surface area contributed by atoms with Crippen LogP contribution in [0.3, 0.4) is 0 Å². The molecule has 0 fully saturated rings. The number of carbonyl (C=O) groups is 1. The first-order chi connectivity index (χ1) is 7.84. The molecule has 2 heterocycles. The summed E-state index contributed by atoms with van der Waals surface area (Å²) in [5, 5.41) is 0. The first-order valence-electron chi connectivity index (χ1n) is 5.27. The molecule has 16 heavy (non-hydrogen) atoms. The minimum absolute atomic E-state index is 0.146. The molecule has 0 spiro atoms. The predicted octanol–water partition coefficient (Wildman–Crippen LogP) is 2.26. The van der Waals surface area contributed by atoms with Crippen LogP contribution in [-0.4, -0.2) is 15.8 Å². The van der Waals surface area contributed by atoms with Crippen LogP contribution in [0, 0.1) is 0 Å². The summed E-state index contributed by atoms with van der Waals surface area (Å²) in [5.41, 5.74) is 1.51. The number of Topliss-reactive ketones (excluding diaryl/α,β-unsaturated/α-hetero) is 1. The Morgan fingerprint density at radius 3 is 3.06 bits per heavy atom. The van der Waals surface area contributed by atoms with Gasteiger partial charge in [-0.05, 0) is 25.0 Å². The van der Waals surface area contributed by atoms with Crippen LogP contribution in [0.15, 0.2) is 29.0 Å². The molecular weight excluding hydrogens is 204 g/mol. The minimum Gasteiger partial charge on any atom is -0.461 e. The van der Waals surface area contributed by atoms with Crippen molar-refractivity contribution in [2.75, 3.05) is 0 Å². The second-order valence-corrected chi connectivity index (χ2v) is 3.81. The van der Waals surface area contributed by atoms with Gasteiger partial charge in [0.2, 0.25) is 0 Å². The van der Waals surface area contributed by atoms with Gasteiger partial charge in [0.1, 0.15) is 0 Å². The Kier molecular flexibility index (Phi) is 2.06. The standard InChI is InChI=1S/C12H10N2O2/c15-10-4-1-3-9-8(10)7-13-12(14-9)11-5-2-6-16-11/h2,5-7H,1,3-4H2. The molecule has 2 aromatic rings. The molecule has 0 radical (unpaired) electrons. The smallest absolute Gasteiger partial charge is 0.195 e. The highest BCUT2D eigenvalue weighted by molar-refractivity contribution is 5.97. The van der Waals surface area contributed by atoms with Gasteiger partial charge in [-0.1, -0.05) is 0 Å². The van der Waals surface area contributed by atoms with Gasteiger partial charge in [0.25, 0.3) is 0 Å². The van der Waals surface area contributed by atoms with Gasteiger partial charge in [-0.2, -0.15) is 0 Å². The Labute approximate surface area is 92.3 Å². The molecule has 0 aliphatic heterocycles. The fraction of sp³-hybridized carbons (Fsp3) is 0.250. The molecule has 0 N–H and O–H groups in total. The molecule has 0 amide bonds. The number of carbonyl (C=O) groups excluding carboxylic acids is 1. The van der Waals surface area contributed by atoms with E-state index in [-0.39, 0.29) is 5.78 Å². The molecule has 2 aromatic heterocycles. The first kappa shape index (κ1) is 9.27. The van der Waals surface area contributed by atoms with Crippen molar-refractivity contribution in [2.24, 2.45) is 0 Å². The van der Waals surface area contributed by atoms with Gasteiger partial charge < -0.3 is 4.42 Å². The van der Waals surface area contributed by atoms with Crippen molar-refractivity contribution in [3.63, 3.8) is 0 Å². The van der Waals surface area contributed by atoms with Crippen molar-refractivity contribution in [1.29, 1.82) is 0 Å². The van der Waals surface area contributed by atoms with E-state index >= 15 is 0 Å². The Morgan fingerprint density at radius 2 is 2.25 bits per heavy atom. The number of rotatable bonds is 1. The summed E-state index contributed by atoms with van der Waals surface area (Å²) in [7, 11) is 0. The largest absolute Gasteiger partial charge is 0.461 e. The summed E-state index contributed by atoms with van der Waals surface area (Å²) in [4.78, 5) is 20.1. The van der Waals surface area contributed by atoms with E-state index in [9.17, 15) is 4.79 Å². The van der Waals surface area contributed by atoms with Crippen LogP contribution in [0.25, 0.3) is 11.6 Å². The van der Waals surface area contributed by atoms with Crippen molar-refractivity contribution in [3.05, 3.63) is 35.9 Å². The fourth-order valence-corrected chi connectivity index (χ4v) is 1.92. The maximum atomic E-state index is 11.6. The molecule has 0 aromatic carbocycles. The van der Waals surface area contributed by atoms with Crippen LogP contribution in [0.5, 0.6) is 0 Å². The molecule has 4 nitrogen and oxygen atoms in total. The lowest BCUT2D eigenvalue weighted by Crippen LogP contribution is -2.13. The summed E-state index contributed by atoms with van der Waals surface area (Å²) in [6, 6.07) is 3.61. The first-order valence-corrected chi connectivity index (χ1v) is 5.27. The molecule has 0 atom stereocenters. The second kappa shape index (κ2) is 3.56. The van der Waals surface area contributed by atoms with Crippen LogP contribution in [0.2, 0.25) is 0 Å². The van der Waals surface area contributed by atoms with Crippen LogP contribution in [0.1, 0.15) is 28.9 Å². The third kappa shape index (κ3) is 1.43. The van der Waals surface area contributed by atoms with Gasteiger partial charge in [0.05, 0.1) is 17.5 Å². The molecule has 1 aliphatic rings. The van der Waals surface area contributed by atoms with Crippen molar-refractivity contribution in [2.45, 2.75) is 19.3 Å². The van der Waals surface area contributed by atoms with Gasteiger partial charge in [-0.3, -0.25) is 4.79 Å². The summed E-state index contributed by atoms with van der Waals surface area (Å²) >= 11 is 0. The lowest BCUT2D eigenvalue weighted by atomic mass is 9.96. The quantitative estimate of drug-likeness (QED) is 0.730. The zero-order chi connectivity index (χ0) is 11.0. The summed E-state index contributed by atoms with van der Waals surface area (Å²) < 4.78 is 5.23. The Balaban J connectivity index is 2.08. The zero-order valence-electron chi connectivity index (χ0n) is 8.64. The van der Waals surface area contributed by atoms with E-state index in [1.807, 2.05) is 6.07 Å². The van der Waals surface area contributed by atoms with Gasteiger partial charge >= 0.3 is 0 Å². The van der Waals surface area contributed by atoms with E-state index in [0.717, 1.165) is 18.5 Å².